The van der Waals surface area contributed by atoms with Crippen molar-refractivity contribution in [3.8, 4) is 11.1 Å². The molecule has 2 fully saturated rings. The second kappa shape index (κ2) is 21.2. The van der Waals surface area contributed by atoms with Gasteiger partial charge >= 0.3 is 0 Å². The van der Waals surface area contributed by atoms with Crippen LogP contribution in [0.1, 0.15) is 80.5 Å². The highest BCUT2D eigenvalue weighted by molar-refractivity contribution is 7.98. The number of aromatic nitrogens is 3. The van der Waals surface area contributed by atoms with Crippen LogP contribution in [0.2, 0.25) is 0 Å². The third kappa shape index (κ3) is 11.0. The fourth-order valence-corrected chi connectivity index (χ4v) is 9.30. The number of pyridine rings is 2. The number of rotatable bonds is 20. The Balaban J connectivity index is 0.876. The van der Waals surface area contributed by atoms with Crippen LogP contribution in [0.3, 0.4) is 0 Å². The van der Waals surface area contributed by atoms with E-state index in [-0.39, 0.29) is 22.7 Å². The molecule has 2 aliphatic heterocycles. The Labute approximate surface area is 375 Å². The fourth-order valence-electron chi connectivity index (χ4n) is 8.76. The Morgan fingerprint density at radius 3 is 2.40 bits per heavy atom. The number of carbonyl (C=O) groups is 1. The van der Waals surface area contributed by atoms with Crippen molar-refractivity contribution in [2.24, 2.45) is 5.92 Å². The number of benzene rings is 2. The van der Waals surface area contributed by atoms with E-state index >= 15 is 8.78 Å². The number of aromatic amines is 1. The number of piperidine rings is 2. The minimum atomic E-state index is -0.696. The first kappa shape index (κ1) is 45.5. The van der Waals surface area contributed by atoms with Gasteiger partial charge in [-0.15, -0.1) is 0 Å². The predicted octanol–water partition coefficient (Wildman–Crippen LogP) is 10.1. The summed E-state index contributed by atoms with van der Waals surface area (Å²) in [5.41, 5.74) is 7.80. The van der Waals surface area contributed by atoms with Gasteiger partial charge in [0, 0.05) is 115 Å². The largest absolute Gasteiger partial charge is 0.374 e. The summed E-state index contributed by atoms with van der Waals surface area (Å²) in [7, 11) is 1.88. The molecule has 4 N–H and O–H groups in total. The van der Waals surface area contributed by atoms with Gasteiger partial charge in [0.2, 0.25) is 6.41 Å². The Hall–Kier alpha value is -5.50. The summed E-state index contributed by atoms with van der Waals surface area (Å²) >= 11 is 1.24. The van der Waals surface area contributed by atoms with Crippen molar-refractivity contribution in [1.82, 2.24) is 34.8 Å². The molecule has 0 aliphatic carbocycles. The quantitative estimate of drug-likeness (QED) is 0.0450. The maximum absolute atomic E-state index is 15.7. The summed E-state index contributed by atoms with van der Waals surface area (Å²) in [6.45, 7) is 22.2. The topological polar surface area (TPSA) is 104 Å². The number of amides is 1. The molecule has 10 nitrogen and oxygen atoms in total. The van der Waals surface area contributed by atoms with Gasteiger partial charge in [0.25, 0.3) is 0 Å². The first-order valence-electron chi connectivity index (χ1n) is 22.2. The molecule has 63 heavy (non-hydrogen) atoms. The molecule has 2 saturated heterocycles. The lowest BCUT2D eigenvalue weighted by molar-refractivity contribution is -0.109. The number of hydrogen-bond acceptors (Lipinski definition) is 9. The lowest BCUT2D eigenvalue weighted by Crippen LogP contribution is -2.45. The lowest BCUT2D eigenvalue weighted by atomic mass is 9.87. The highest BCUT2D eigenvalue weighted by Gasteiger charge is 2.25. The summed E-state index contributed by atoms with van der Waals surface area (Å²) in [6, 6.07) is 18.2. The Morgan fingerprint density at radius 2 is 1.71 bits per heavy atom. The van der Waals surface area contributed by atoms with E-state index in [0.29, 0.717) is 28.6 Å². The number of allylic oxidation sites excluding steroid dienone is 1. The zero-order valence-electron chi connectivity index (χ0n) is 36.9. The smallest absolute Gasteiger partial charge is 0.211 e. The van der Waals surface area contributed by atoms with E-state index in [9.17, 15) is 4.79 Å². The number of anilines is 2. The van der Waals surface area contributed by atoms with Gasteiger partial charge in [-0.3, -0.25) is 4.79 Å². The number of fused-ring (bicyclic) bond motifs is 1. The molecule has 0 bridgehead atoms. The Kier molecular flexibility index (Phi) is 15.4. The van der Waals surface area contributed by atoms with Crippen molar-refractivity contribution < 1.29 is 13.6 Å². The normalized spacial score (nSPS) is 15.5. The van der Waals surface area contributed by atoms with Crippen molar-refractivity contribution in [3.05, 3.63) is 138 Å². The maximum atomic E-state index is 15.7. The molecule has 5 aromatic rings. The van der Waals surface area contributed by atoms with Crippen LogP contribution in [-0.2, 0) is 11.2 Å². The number of nitrogens with one attached hydrogen (secondary N) is 4. The van der Waals surface area contributed by atoms with Crippen molar-refractivity contribution in [3.63, 3.8) is 0 Å². The molecule has 7 rings (SSSR count). The molecular formula is C50H61F2N9OS. The van der Waals surface area contributed by atoms with E-state index in [0.717, 1.165) is 119 Å². The standard InChI is InChI=1S/C50H61F2N9OS/c1-7-9-39(35(5)57-32-62)26-36-10-12-37(13-11-36)38-18-22-60(23-19-38)33(3)28-53-42-20-24-61(25-21-42)47-17-14-40(29-54-47)41-27-43-44(31-56-50(43)55-30-41)34(4)48-45(51)15-16-46(49(48)52)58-63-59(6)8-2/h10-17,27,29-32,38-39,42,53,58H,3-5,7-9,18-26,28H2,1-2,6H3,(H,55,56)(H,57,62). The van der Waals surface area contributed by atoms with Gasteiger partial charge < -0.3 is 30.1 Å². The zero-order chi connectivity index (χ0) is 44.5. The van der Waals surface area contributed by atoms with Gasteiger partial charge in [-0.25, -0.2) is 23.1 Å². The van der Waals surface area contributed by atoms with Gasteiger partial charge in [-0.05, 0) is 98.5 Å². The van der Waals surface area contributed by atoms with E-state index in [4.69, 9.17) is 4.98 Å². The first-order chi connectivity index (χ1) is 30.6. The zero-order valence-corrected chi connectivity index (χ0v) is 37.7. The molecule has 13 heteroatoms. The van der Waals surface area contributed by atoms with Crippen molar-refractivity contribution in [2.75, 3.05) is 55.9 Å². The van der Waals surface area contributed by atoms with Crippen LogP contribution < -0.4 is 20.3 Å². The Morgan fingerprint density at radius 1 is 0.968 bits per heavy atom. The number of halogens is 2. The van der Waals surface area contributed by atoms with Crippen molar-refractivity contribution in [1.29, 1.82) is 0 Å². The molecule has 2 aromatic carbocycles. The van der Waals surface area contributed by atoms with Crippen LogP contribution >= 0.6 is 12.1 Å². The molecule has 2 aliphatic rings. The summed E-state index contributed by atoms with van der Waals surface area (Å²) < 4.78 is 35.7. The molecule has 1 unspecified atom stereocenters. The van der Waals surface area contributed by atoms with Crippen LogP contribution in [0.4, 0.5) is 20.3 Å². The number of hydrogen-bond donors (Lipinski definition) is 4. The summed E-state index contributed by atoms with van der Waals surface area (Å²) in [4.78, 5) is 28.3. The van der Waals surface area contributed by atoms with E-state index in [1.165, 1.54) is 35.4 Å². The average molecular weight is 874 g/mol. The van der Waals surface area contributed by atoms with Crippen LogP contribution in [0.5, 0.6) is 0 Å². The number of likely N-dealkylation sites (tertiary alicyclic amines) is 1. The van der Waals surface area contributed by atoms with Gasteiger partial charge in [0.1, 0.15) is 17.3 Å². The lowest BCUT2D eigenvalue weighted by Gasteiger charge is -2.37. The van der Waals surface area contributed by atoms with Crippen LogP contribution in [0.25, 0.3) is 27.7 Å². The maximum Gasteiger partial charge on any atom is 0.211 e. The SMILES string of the molecule is C=C(c1c(F)ccc(NSN(C)CC)c1F)c1c[nH]c2ncc(-c3ccc(N4CCC(NCC(=C)N5CCC(c6ccc(CC(CCC)C(=C)NC=O)cc6)CC5)CC4)nc3)cc12. The van der Waals surface area contributed by atoms with Gasteiger partial charge in [0.05, 0.1) is 11.3 Å². The molecule has 332 valence electrons. The fraction of sp³-hybridized carbons (Fsp3) is 0.380. The highest BCUT2D eigenvalue weighted by atomic mass is 32.2. The predicted molar refractivity (Wildman–Crippen MR) is 256 cm³/mol. The average Bonchev–Trinajstić information content (AvgIpc) is 3.74. The molecule has 3 aromatic heterocycles. The van der Waals surface area contributed by atoms with Crippen molar-refractivity contribution >= 4 is 46.7 Å². The molecule has 0 spiro atoms. The summed E-state index contributed by atoms with van der Waals surface area (Å²) in [6.07, 6.45) is 13.3. The van der Waals surface area contributed by atoms with E-state index in [2.05, 4.69) is 98.2 Å². The van der Waals surface area contributed by atoms with Crippen LogP contribution in [0, 0.1) is 17.6 Å². The van der Waals surface area contributed by atoms with Crippen molar-refractivity contribution in [2.45, 2.75) is 70.8 Å². The van der Waals surface area contributed by atoms with E-state index < -0.39 is 11.6 Å². The van der Waals surface area contributed by atoms with E-state index in [1.54, 1.807) is 12.4 Å². The second-order valence-corrected chi connectivity index (χ2v) is 17.8. The molecule has 0 radical (unpaired) electrons. The Bertz CT molecular complexity index is 2370. The second-order valence-electron chi connectivity index (χ2n) is 16.8. The van der Waals surface area contributed by atoms with E-state index in [1.807, 2.05) is 30.5 Å². The first-order valence-corrected chi connectivity index (χ1v) is 23.0. The monoisotopic (exact) mass is 873 g/mol. The molecule has 1 atom stereocenters. The minimum absolute atomic E-state index is 0.178. The molecule has 5 heterocycles. The highest BCUT2D eigenvalue weighted by Crippen LogP contribution is 2.36. The molecule has 0 saturated carbocycles. The van der Waals surface area contributed by atoms with Gasteiger partial charge in [-0.1, -0.05) is 64.3 Å². The molecular weight excluding hydrogens is 813 g/mol. The number of carbonyl (C=O) groups excluding carboxylic acids is 1. The van der Waals surface area contributed by atoms with Gasteiger partial charge in [0.15, 0.2) is 5.82 Å². The minimum Gasteiger partial charge on any atom is -0.374 e. The molecule has 1 amide bonds. The van der Waals surface area contributed by atoms with Crippen LogP contribution in [-0.4, -0.2) is 82.9 Å². The van der Waals surface area contributed by atoms with Crippen LogP contribution in [0.15, 0.2) is 104 Å². The van der Waals surface area contributed by atoms with Gasteiger partial charge in [-0.2, -0.15) is 0 Å². The summed E-state index contributed by atoms with van der Waals surface area (Å²) in [5.74, 6) is 0.355. The number of nitrogens with zero attached hydrogens (tertiary/aromatic N) is 5. The number of H-pyrrole nitrogens is 1. The third-order valence-corrected chi connectivity index (χ3v) is 13.6. The third-order valence-electron chi connectivity index (χ3n) is 12.8. The summed E-state index contributed by atoms with van der Waals surface area (Å²) in [5, 5.41) is 7.27.